The van der Waals surface area contributed by atoms with Gasteiger partial charge < -0.3 is 18.5 Å². The predicted molar refractivity (Wildman–Crippen MR) is 95.7 cm³/mol. The highest BCUT2D eigenvalue weighted by Gasteiger charge is 2.21. The van der Waals surface area contributed by atoms with Crippen molar-refractivity contribution in [2.75, 3.05) is 13.7 Å². The number of hydrogen-bond acceptors (Lipinski definition) is 6. The van der Waals surface area contributed by atoms with Crippen molar-refractivity contribution >= 4 is 28.8 Å². The Hall–Kier alpha value is -3.55. The number of carbonyl (C=O) groups excluding carboxylic acids is 3. The predicted octanol–water partition coefficient (Wildman–Crippen LogP) is 2.20. The standard InChI is InChI=1S/C19H18N2O6/c1-11-13-9-12(25-3)6-7-15(13)27-17(11)19(24)26-10-16(22)20-18(23)14-5-4-8-21(14)2/h4-9H,10H2,1-3H3,(H,20,22,23). The third-order valence-corrected chi connectivity index (χ3v) is 4.09. The van der Waals surface area contributed by atoms with Crippen molar-refractivity contribution in [1.82, 2.24) is 9.88 Å². The largest absolute Gasteiger partial charge is 0.497 e. The fourth-order valence-corrected chi connectivity index (χ4v) is 2.64. The topological polar surface area (TPSA) is 99.8 Å². The maximum Gasteiger partial charge on any atom is 0.375 e. The normalized spacial score (nSPS) is 10.6. The van der Waals surface area contributed by atoms with Crippen LogP contribution in [-0.4, -0.2) is 36.1 Å². The lowest BCUT2D eigenvalue weighted by Crippen LogP contribution is -2.35. The Balaban J connectivity index is 1.64. The summed E-state index contributed by atoms with van der Waals surface area (Å²) in [5.74, 6) is -1.46. The second-order valence-electron chi connectivity index (χ2n) is 5.88. The maximum atomic E-state index is 12.2. The summed E-state index contributed by atoms with van der Waals surface area (Å²) >= 11 is 0. The minimum Gasteiger partial charge on any atom is -0.497 e. The number of imide groups is 1. The average molecular weight is 370 g/mol. The quantitative estimate of drug-likeness (QED) is 0.691. The Bertz CT molecular complexity index is 1030. The van der Waals surface area contributed by atoms with E-state index in [9.17, 15) is 14.4 Å². The molecule has 0 radical (unpaired) electrons. The van der Waals surface area contributed by atoms with Crippen molar-refractivity contribution < 1.29 is 28.3 Å². The lowest BCUT2D eigenvalue weighted by Gasteiger charge is -2.06. The second kappa shape index (κ2) is 7.36. The molecule has 1 N–H and O–H groups in total. The Labute approximate surface area is 154 Å². The van der Waals surface area contributed by atoms with Gasteiger partial charge in [-0.05, 0) is 37.3 Å². The number of methoxy groups -OCH3 is 1. The van der Waals surface area contributed by atoms with Gasteiger partial charge in [-0.3, -0.25) is 14.9 Å². The number of aromatic nitrogens is 1. The SMILES string of the molecule is COc1ccc2oc(C(=O)OCC(=O)NC(=O)c3cccn3C)c(C)c2c1. The molecule has 1 aromatic carbocycles. The molecular formula is C19H18N2O6. The molecule has 0 saturated carbocycles. The summed E-state index contributed by atoms with van der Waals surface area (Å²) in [6.45, 7) is 1.11. The fraction of sp³-hybridized carbons (Fsp3) is 0.211. The monoisotopic (exact) mass is 370 g/mol. The molecular weight excluding hydrogens is 352 g/mol. The van der Waals surface area contributed by atoms with Gasteiger partial charge >= 0.3 is 5.97 Å². The molecule has 0 saturated heterocycles. The molecule has 0 unspecified atom stereocenters. The molecule has 0 bridgehead atoms. The number of carbonyl (C=O) groups is 3. The summed E-state index contributed by atoms with van der Waals surface area (Å²) < 4.78 is 17.2. The molecule has 2 heterocycles. The molecule has 0 spiro atoms. The van der Waals surface area contributed by atoms with Gasteiger partial charge in [0.25, 0.3) is 11.8 Å². The molecule has 3 aromatic rings. The van der Waals surface area contributed by atoms with Crippen LogP contribution in [0.1, 0.15) is 26.6 Å². The number of benzene rings is 1. The molecule has 0 atom stereocenters. The lowest BCUT2D eigenvalue weighted by atomic mass is 10.1. The van der Waals surface area contributed by atoms with Gasteiger partial charge in [-0.25, -0.2) is 4.79 Å². The summed E-state index contributed by atoms with van der Waals surface area (Å²) in [6.07, 6.45) is 1.68. The van der Waals surface area contributed by atoms with Crippen LogP contribution in [0, 0.1) is 6.92 Å². The van der Waals surface area contributed by atoms with Gasteiger partial charge in [0, 0.05) is 24.2 Å². The molecule has 2 aromatic heterocycles. The van der Waals surface area contributed by atoms with E-state index in [0.717, 1.165) is 0 Å². The van der Waals surface area contributed by atoms with Crippen LogP contribution < -0.4 is 10.1 Å². The van der Waals surface area contributed by atoms with E-state index in [2.05, 4.69) is 5.32 Å². The first-order chi connectivity index (χ1) is 12.9. The number of esters is 1. The number of furan rings is 1. The van der Waals surface area contributed by atoms with E-state index in [4.69, 9.17) is 13.9 Å². The van der Waals surface area contributed by atoms with Crippen molar-refractivity contribution in [3.05, 3.63) is 53.5 Å². The molecule has 0 aliphatic heterocycles. The number of nitrogens with zero attached hydrogens (tertiary/aromatic N) is 1. The number of hydrogen-bond donors (Lipinski definition) is 1. The van der Waals surface area contributed by atoms with Gasteiger partial charge in [-0.2, -0.15) is 0 Å². The zero-order chi connectivity index (χ0) is 19.6. The number of rotatable bonds is 5. The summed E-state index contributed by atoms with van der Waals surface area (Å²) in [4.78, 5) is 36.1. The number of amides is 2. The molecule has 2 amide bonds. The number of nitrogens with one attached hydrogen (secondary N) is 1. The molecule has 0 fully saturated rings. The Kier molecular flexibility index (Phi) is 4.98. The molecule has 140 valence electrons. The van der Waals surface area contributed by atoms with E-state index in [1.54, 1.807) is 62.2 Å². The van der Waals surface area contributed by atoms with Crippen molar-refractivity contribution in [3.8, 4) is 5.75 Å². The average Bonchev–Trinajstić information content (AvgIpc) is 3.23. The zero-order valence-electron chi connectivity index (χ0n) is 15.1. The Morgan fingerprint density at radius 3 is 2.67 bits per heavy atom. The molecule has 27 heavy (non-hydrogen) atoms. The van der Waals surface area contributed by atoms with Crippen LogP contribution in [0.2, 0.25) is 0 Å². The summed E-state index contributed by atoms with van der Waals surface area (Å²) in [5, 5.41) is 2.88. The molecule has 3 rings (SSSR count). The zero-order valence-corrected chi connectivity index (χ0v) is 15.1. The Morgan fingerprint density at radius 1 is 1.22 bits per heavy atom. The highest BCUT2D eigenvalue weighted by atomic mass is 16.5. The van der Waals surface area contributed by atoms with Crippen LogP contribution in [0.25, 0.3) is 11.0 Å². The van der Waals surface area contributed by atoms with E-state index < -0.39 is 24.4 Å². The van der Waals surface area contributed by atoms with E-state index in [0.29, 0.717) is 28.0 Å². The van der Waals surface area contributed by atoms with Crippen LogP contribution in [-0.2, 0) is 16.6 Å². The molecule has 8 heteroatoms. The van der Waals surface area contributed by atoms with Gasteiger partial charge in [-0.15, -0.1) is 0 Å². The second-order valence-corrected chi connectivity index (χ2v) is 5.88. The van der Waals surface area contributed by atoms with Crippen molar-refractivity contribution in [2.24, 2.45) is 7.05 Å². The number of fused-ring (bicyclic) bond motifs is 1. The van der Waals surface area contributed by atoms with E-state index >= 15 is 0 Å². The minimum atomic E-state index is -0.788. The van der Waals surface area contributed by atoms with E-state index in [1.165, 1.54) is 0 Å². The summed E-state index contributed by atoms with van der Waals surface area (Å²) in [5.41, 5.74) is 1.40. The van der Waals surface area contributed by atoms with E-state index in [-0.39, 0.29) is 5.76 Å². The minimum absolute atomic E-state index is 0.000172. The maximum absolute atomic E-state index is 12.2. The van der Waals surface area contributed by atoms with Gasteiger partial charge in [0.05, 0.1) is 7.11 Å². The van der Waals surface area contributed by atoms with Crippen LogP contribution in [0.3, 0.4) is 0 Å². The first-order valence-corrected chi connectivity index (χ1v) is 8.10. The summed E-state index contributed by atoms with van der Waals surface area (Å²) in [6, 6.07) is 8.39. The lowest BCUT2D eigenvalue weighted by molar-refractivity contribution is -0.123. The van der Waals surface area contributed by atoms with Crippen molar-refractivity contribution in [1.29, 1.82) is 0 Å². The first kappa shape index (κ1) is 18.2. The van der Waals surface area contributed by atoms with E-state index in [1.807, 2.05) is 0 Å². The van der Waals surface area contributed by atoms with Crippen LogP contribution in [0.15, 0.2) is 40.9 Å². The van der Waals surface area contributed by atoms with Crippen molar-refractivity contribution in [2.45, 2.75) is 6.92 Å². The van der Waals surface area contributed by atoms with Crippen LogP contribution in [0.5, 0.6) is 5.75 Å². The summed E-state index contributed by atoms with van der Waals surface area (Å²) in [7, 11) is 3.22. The first-order valence-electron chi connectivity index (χ1n) is 8.10. The third kappa shape index (κ3) is 3.69. The smallest absolute Gasteiger partial charge is 0.375 e. The fourth-order valence-electron chi connectivity index (χ4n) is 2.64. The van der Waals surface area contributed by atoms with Gasteiger partial charge in [0.15, 0.2) is 6.61 Å². The third-order valence-electron chi connectivity index (χ3n) is 4.09. The van der Waals surface area contributed by atoms with Gasteiger partial charge in [-0.1, -0.05) is 0 Å². The van der Waals surface area contributed by atoms with Crippen LogP contribution >= 0.6 is 0 Å². The molecule has 0 aliphatic carbocycles. The van der Waals surface area contributed by atoms with Gasteiger partial charge in [0.2, 0.25) is 5.76 Å². The molecule has 8 nitrogen and oxygen atoms in total. The van der Waals surface area contributed by atoms with Crippen LogP contribution in [0.4, 0.5) is 0 Å². The molecule has 0 aliphatic rings. The van der Waals surface area contributed by atoms with Gasteiger partial charge in [0.1, 0.15) is 17.0 Å². The Morgan fingerprint density at radius 2 is 2.00 bits per heavy atom. The van der Waals surface area contributed by atoms with Crippen molar-refractivity contribution in [3.63, 3.8) is 0 Å². The number of ether oxygens (including phenoxy) is 2. The highest BCUT2D eigenvalue weighted by molar-refractivity contribution is 6.05. The highest BCUT2D eigenvalue weighted by Crippen LogP contribution is 2.29. The number of aryl methyl sites for hydroxylation is 2.